The third kappa shape index (κ3) is 3.12. The molecule has 0 unspecified atom stereocenters. The largest absolute Gasteiger partial charge is 0.445 e. The topological polar surface area (TPSA) is 55.1 Å². The monoisotopic (exact) mass is 282 g/mol. The average molecular weight is 283 g/mol. The highest BCUT2D eigenvalue weighted by atomic mass is 35.5. The van der Waals surface area contributed by atoms with Gasteiger partial charge in [-0.25, -0.2) is 9.37 Å². The number of carbonyl (C=O) groups is 1. The van der Waals surface area contributed by atoms with Gasteiger partial charge in [0.1, 0.15) is 11.6 Å². The standard InChI is InChI=1S/C13H12ClFN2O2/c1-7-12(17-8(2)19-7)13(18)16-6-9-3-4-10(15)5-11(9)14/h3-5H,6H2,1-2H3,(H,16,18). The van der Waals surface area contributed by atoms with Crippen LogP contribution in [0.15, 0.2) is 22.6 Å². The summed E-state index contributed by atoms with van der Waals surface area (Å²) in [5.74, 6) is 0.125. The number of nitrogens with zero attached hydrogens (tertiary/aromatic N) is 1. The number of hydrogen-bond donors (Lipinski definition) is 1. The SMILES string of the molecule is Cc1nc(C(=O)NCc2ccc(F)cc2Cl)c(C)o1. The van der Waals surface area contributed by atoms with Crippen LogP contribution < -0.4 is 5.32 Å². The van der Waals surface area contributed by atoms with Crippen molar-refractivity contribution in [1.29, 1.82) is 0 Å². The van der Waals surface area contributed by atoms with Crippen LogP contribution in [0.5, 0.6) is 0 Å². The van der Waals surface area contributed by atoms with Crippen LogP contribution in [0.2, 0.25) is 5.02 Å². The molecule has 2 aromatic rings. The number of carbonyl (C=O) groups excluding carboxylic acids is 1. The molecule has 0 spiro atoms. The van der Waals surface area contributed by atoms with E-state index in [0.29, 0.717) is 17.2 Å². The number of nitrogens with one attached hydrogen (secondary N) is 1. The lowest BCUT2D eigenvalue weighted by Crippen LogP contribution is -2.24. The number of benzene rings is 1. The zero-order valence-electron chi connectivity index (χ0n) is 10.5. The highest BCUT2D eigenvalue weighted by Gasteiger charge is 2.15. The zero-order chi connectivity index (χ0) is 14.0. The highest BCUT2D eigenvalue weighted by Crippen LogP contribution is 2.17. The Bertz CT molecular complexity index is 625. The van der Waals surface area contributed by atoms with Crippen molar-refractivity contribution in [3.8, 4) is 0 Å². The first-order valence-electron chi connectivity index (χ1n) is 5.63. The highest BCUT2D eigenvalue weighted by molar-refractivity contribution is 6.31. The van der Waals surface area contributed by atoms with Gasteiger partial charge in [-0.05, 0) is 24.6 Å². The Morgan fingerprint density at radius 2 is 2.21 bits per heavy atom. The second kappa shape index (κ2) is 5.40. The Kier molecular flexibility index (Phi) is 3.85. The molecule has 1 aromatic carbocycles. The van der Waals surface area contributed by atoms with Gasteiger partial charge in [0.05, 0.1) is 0 Å². The summed E-state index contributed by atoms with van der Waals surface area (Å²) in [5, 5.41) is 2.93. The molecule has 1 amide bonds. The maximum Gasteiger partial charge on any atom is 0.273 e. The molecule has 0 aliphatic heterocycles. The molecule has 1 aromatic heterocycles. The molecule has 1 heterocycles. The second-order valence-corrected chi connectivity index (χ2v) is 4.46. The average Bonchev–Trinajstić information content (AvgIpc) is 2.67. The Morgan fingerprint density at radius 3 is 2.79 bits per heavy atom. The molecule has 0 saturated heterocycles. The van der Waals surface area contributed by atoms with Crippen LogP contribution in [-0.2, 0) is 6.54 Å². The van der Waals surface area contributed by atoms with E-state index < -0.39 is 5.82 Å². The Labute approximate surface area is 114 Å². The van der Waals surface area contributed by atoms with E-state index in [1.165, 1.54) is 18.2 Å². The fourth-order valence-corrected chi connectivity index (χ4v) is 1.90. The molecule has 100 valence electrons. The van der Waals surface area contributed by atoms with Gasteiger partial charge in [-0.1, -0.05) is 17.7 Å². The number of amides is 1. The van der Waals surface area contributed by atoms with E-state index in [9.17, 15) is 9.18 Å². The molecule has 0 fully saturated rings. The van der Waals surface area contributed by atoms with Crippen molar-refractivity contribution in [3.63, 3.8) is 0 Å². The summed E-state index contributed by atoms with van der Waals surface area (Å²) in [7, 11) is 0. The molecule has 6 heteroatoms. The van der Waals surface area contributed by atoms with Crippen LogP contribution in [0.3, 0.4) is 0 Å². The smallest absolute Gasteiger partial charge is 0.273 e. The number of aryl methyl sites for hydroxylation is 2. The number of rotatable bonds is 3. The van der Waals surface area contributed by atoms with Crippen LogP contribution in [-0.4, -0.2) is 10.9 Å². The summed E-state index contributed by atoms with van der Waals surface area (Å²) in [6.45, 7) is 3.53. The van der Waals surface area contributed by atoms with Crippen LogP contribution >= 0.6 is 11.6 Å². The third-order valence-electron chi connectivity index (χ3n) is 2.57. The van der Waals surface area contributed by atoms with E-state index in [1.54, 1.807) is 13.8 Å². The van der Waals surface area contributed by atoms with Crippen molar-refractivity contribution in [1.82, 2.24) is 10.3 Å². The van der Waals surface area contributed by atoms with E-state index in [0.717, 1.165) is 0 Å². The van der Waals surface area contributed by atoms with Crippen LogP contribution in [0.4, 0.5) is 4.39 Å². The van der Waals surface area contributed by atoms with Gasteiger partial charge in [0, 0.05) is 18.5 Å². The lowest BCUT2D eigenvalue weighted by Gasteiger charge is -2.06. The molecule has 4 nitrogen and oxygen atoms in total. The molecule has 2 rings (SSSR count). The molecule has 0 bridgehead atoms. The Hall–Kier alpha value is -1.88. The van der Waals surface area contributed by atoms with Gasteiger partial charge in [-0.2, -0.15) is 0 Å². The van der Waals surface area contributed by atoms with Crippen molar-refractivity contribution < 1.29 is 13.6 Å². The van der Waals surface area contributed by atoms with E-state index in [2.05, 4.69) is 10.3 Å². The van der Waals surface area contributed by atoms with Gasteiger partial charge in [0.2, 0.25) is 0 Å². The first kappa shape index (κ1) is 13.5. The van der Waals surface area contributed by atoms with E-state index in [-0.39, 0.29) is 23.2 Å². The van der Waals surface area contributed by atoms with Gasteiger partial charge in [0.15, 0.2) is 11.6 Å². The quantitative estimate of drug-likeness (QED) is 0.941. The van der Waals surface area contributed by atoms with E-state index in [4.69, 9.17) is 16.0 Å². The summed E-state index contributed by atoms with van der Waals surface area (Å²) in [6, 6.07) is 4.02. The molecule has 1 N–H and O–H groups in total. The van der Waals surface area contributed by atoms with Crippen molar-refractivity contribution in [2.45, 2.75) is 20.4 Å². The summed E-state index contributed by atoms with van der Waals surface area (Å²) >= 11 is 5.87. The third-order valence-corrected chi connectivity index (χ3v) is 2.92. The minimum absolute atomic E-state index is 0.198. The van der Waals surface area contributed by atoms with Gasteiger partial charge in [0.25, 0.3) is 5.91 Å². The second-order valence-electron chi connectivity index (χ2n) is 4.06. The summed E-state index contributed by atoms with van der Waals surface area (Å²) in [6.07, 6.45) is 0. The molecule has 19 heavy (non-hydrogen) atoms. The van der Waals surface area contributed by atoms with Gasteiger partial charge < -0.3 is 9.73 Å². The minimum atomic E-state index is -0.414. The predicted octanol–water partition coefficient (Wildman–Crippen LogP) is 3.01. The van der Waals surface area contributed by atoms with Crippen LogP contribution in [0, 0.1) is 19.7 Å². The molecule has 0 saturated carbocycles. The molecular formula is C13H12ClFN2O2. The summed E-state index contributed by atoms with van der Waals surface area (Å²) < 4.78 is 18.1. The molecular weight excluding hydrogens is 271 g/mol. The summed E-state index contributed by atoms with van der Waals surface area (Å²) in [5.41, 5.74) is 0.880. The number of aromatic nitrogens is 1. The maximum absolute atomic E-state index is 12.9. The fraction of sp³-hybridized carbons (Fsp3) is 0.231. The van der Waals surface area contributed by atoms with Crippen LogP contribution in [0.25, 0.3) is 0 Å². The van der Waals surface area contributed by atoms with Crippen molar-refractivity contribution in [2.24, 2.45) is 0 Å². The van der Waals surface area contributed by atoms with Crippen molar-refractivity contribution in [3.05, 3.63) is 51.9 Å². The van der Waals surface area contributed by atoms with Gasteiger partial charge in [-0.3, -0.25) is 4.79 Å². The molecule has 0 radical (unpaired) electrons. The van der Waals surface area contributed by atoms with E-state index >= 15 is 0 Å². The number of hydrogen-bond acceptors (Lipinski definition) is 3. The first-order chi connectivity index (χ1) is 8.97. The van der Waals surface area contributed by atoms with Crippen LogP contribution in [0.1, 0.15) is 27.7 Å². The fourth-order valence-electron chi connectivity index (χ4n) is 1.66. The lowest BCUT2D eigenvalue weighted by atomic mass is 10.2. The van der Waals surface area contributed by atoms with Gasteiger partial charge in [-0.15, -0.1) is 0 Å². The first-order valence-corrected chi connectivity index (χ1v) is 6.01. The number of oxazole rings is 1. The maximum atomic E-state index is 12.9. The van der Waals surface area contributed by atoms with Crippen molar-refractivity contribution in [2.75, 3.05) is 0 Å². The number of halogens is 2. The summed E-state index contributed by atoms with van der Waals surface area (Å²) in [4.78, 5) is 15.9. The molecule has 0 aliphatic rings. The Morgan fingerprint density at radius 1 is 1.47 bits per heavy atom. The molecule has 0 aliphatic carbocycles. The molecule has 0 atom stereocenters. The van der Waals surface area contributed by atoms with Gasteiger partial charge >= 0.3 is 0 Å². The predicted molar refractivity (Wildman–Crippen MR) is 68.6 cm³/mol. The normalized spacial score (nSPS) is 10.5. The van der Waals surface area contributed by atoms with E-state index in [1.807, 2.05) is 0 Å². The lowest BCUT2D eigenvalue weighted by molar-refractivity contribution is 0.0945. The zero-order valence-corrected chi connectivity index (χ0v) is 11.2. The van der Waals surface area contributed by atoms with Crippen molar-refractivity contribution >= 4 is 17.5 Å². The Balaban J connectivity index is 2.06. The minimum Gasteiger partial charge on any atom is -0.445 e.